The first-order valence-corrected chi connectivity index (χ1v) is 7.48. The number of nitrogens with zero attached hydrogens (tertiary/aromatic N) is 2. The Morgan fingerprint density at radius 3 is 2.73 bits per heavy atom. The van der Waals surface area contributed by atoms with E-state index in [4.69, 9.17) is 6.42 Å². The second-order valence-corrected chi connectivity index (χ2v) is 5.64. The molecule has 1 aliphatic rings. The maximum Gasteiger partial charge on any atom is 0.241 e. The molecular weight excluding hydrogens is 281 g/mol. The second kappa shape index (κ2) is 7.39. The third-order valence-electron chi connectivity index (χ3n) is 4.11. The smallest absolute Gasteiger partial charge is 0.241 e. The highest BCUT2D eigenvalue weighted by molar-refractivity contribution is 5.95. The van der Waals surface area contributed by atoms with Crippen LogP contribution in [0.15, 0.2) is 18.2 Å². The predicted octanol–water partition coefficient (Wildman–Crippen LogP) is 1.71. The van der Waals surface area contributed by atoms with Gasteiger partial charge in [-0.2, -0.15) is 0 Å². The lowest BCUT2D eigenvalue weighted by atomic mass is 10.1. The van der Waals surface area contributed by atoms with Crippen molar-refractivity contribution in [3.63, 3.8) is 0 Å². The molecule has 0 aromatic heterocycles. The van der Waals surface area contributed by atoms with Gasteiger partial charge in [0.05, 0.1) is 12.6 Å². The molecule has 1 amide bonds. The molecule has 1 heterocycles. The van der Waals surface area contributed by atoms with E-state index in [1.54, 1.807) is 6.07 Å². The maximum atomic E-state index is 13.3. The van der Waals surface area contributed by atoms with Crippen LogP contribution < -0.4 is 5.32 Å². The Hall–Kier alpha value is -1.90. The first kappa shape index (κ1) is 16.5. The molecule has 0 unspecified atom stereocenters. The monoisotopic (exact) mass is 303 g/mol. The molecule has 5 heteroatoms. The van der Waals surface area contributed by atoms with Gasteiger partial charge in [0, 0.05) is 31.9 Å². The molecule has 1 atom stereocenters. The number of anilines is 1. The summed E-state index contributed by atoms with van der Waals surface area (Å²) in [6.45, 7) is 7.70. The fourth-order valence-electron chi connectivity index (χ4n) is 2.57. The van der Waals surface area contributed by atoms with Crippen LogP contribution in [0.25, 0.3) is 0 Å². The summed E-state index contributed by atoms with van der Waals surface area (Å²) in [6, 6.07) is 4.15. The number of carbonyl (C=O) groups excluding carboxylic acids is 1. The highest BCUT2D eigenvalue weighted by atomic mass is 19.1. The molecule has 2 rings (SSSR count). The Bertz CT molecular complexity index is 574. The predicted molar refractivity (Wildman–Crippen MR) is 86.1 cm³/mol. The quantitative estimate of drug-likeness (QED) is 0.860. The molecule has 1 N–H and O–H groups in total. The fourth-order valence-corrected chi connectivity index (χ4v) is 2.57. The van der Waals surface area contributed by atoms with Crippen LogP contribution in [0, 0.1) is 25.1 Å². The van der Waals surface area contributed by atoms with E-state index in [9.17, 15) is 9.18 Å². The lowest BCUT2D eigenvalue weighted by Gasteiger charge is -2.36. The normalized spacial score (nSPS) is 17.7. The SMILES string of the molecule is C#CCN1CCN([C@H](C)C(=O)Nc2cc(F)ccc2C)CC1. The number of rotatable bonds is 4. The molecule has 0 bridgehead atoms. The van der Waals surface area contributed by atoms with E-state index < -0.39 is 0 Å². The Morgan fingerprint density at radius 2 is 2.09 bits per heavy atom. The van der Waals surface area contributed by atoms with Gasteiger partial charge in [-0.15, -0.1) is 6.42 Å². The van der Waals surface area contributed by atoms with E-state index in [2.05, 4.69) is 21.0 Å². The minimum Gasteiger partial charge on any atom is -0.324 e. The van der Waals surface area contributed by atoms with Gasteiger partial charge in [0.2, 0.25) is 5.91 Å². The van der Waals surface area contributed by atoms with E-state index in [0.717, 1.165) is 31.7 Å². The number of piperazine rings is 1. The number of amides is 1. The molecule has 0 radical (unpaired) electrons. The van der Waals surface area contributed by atoms with Crippen molar-refractivity contribution in [1.82, 2.24) is 9.80 Å². The summed E-state index contributed by atoms with van der Waals surface area (Å²) in [5, 5.41) is 2.82. The average molecular weight is 303 g/mol. The van der Waals surface area contributed by atoms with Crippen molar-refractivity contribution < 1.29 is 9.18 Å². The van der Waals surface area contributed by atoms with E-state index in [1.165, 1.54) is 12.1 Å². The average Bonchev–Trinajstić information content (AvgIpc) is 2.51. The largest absolute Gasteiger partial charge is 0.324 e. The van der Waals surface area contributed by atoms with Gasteiger partial charge >= 0.3 is 0 Å². The molecule has 0 saturated carbocycles. The molecule has 4 nitrogen and oxygen atoms in total. The van der Waals surface area contributed by atoms with Crippen molar-refractivity contribution in [2.24, 2.45) is 0 Å². The van der Waals surface area contributed by atoms with Crippen molar-refractivity contribution >= 4 is 11.6 Å². The van der Waals surface area contributed by atoms with Gasteiger partial charge in [-0.1, -0.05) is 12.0 Å². The summed E-state index contributed by atoms with van der Waals surface area (Å²) in [5.41, 5.74) is 1.38. The van der Waals surface area contributed by atoms with Crippen molar-refractivity contribution in [2.75, 3.05) is 38.0 Å². The van der Waals surface area contributed by atoms with E-state index in [0.29, 0.717) is 12.2 Å². The molecule has 0 aliphatic carbocycles. The minimum atomic E-state index is -0.351. The van der Waals surface area contributed by atoms with Gasteiger partial charge in [-0.3, -0.25) is 14.6 Å². The number of aryl methyl sites for hydroxylation is 1. The topological polar surface area (TPSA) is 35.6 Å². The number of hydrogen-bond donors (Lipinski definition) is 1. The minimum absolute atomic E-state index is 0.112. The van der Waals surface area contributed by atoms with E-state index >= 15 is 0 Å². The highest BCUT2D eigenvalue weighted by Crippen LogP contribution is 2.17. The molecule has 1 aromatic rings. The summed E-state index contributed by atoms with van der Waals surface area (Å²) >= 11 is 0. The van der Waals surface area contributed by atoms with Gasteiger partial charge in [0.25, 0.3) is 0 Å². The molecular formula is C17H22FN3O. The molecule has 1 saturated heterocycles. The lowest BCUT2D eigenvalue weighted by Crippen LogP contribution is -2.52. The van der Waals surface area contributed by atoms with Crippen LogP contribution in [0.5, 0.6) is 0 Å². The Labute approximate surface area is 131 Å². The zero-order valence-corrected chi connectivity index (χ0v) is 13.1. The molecule has 0 spiro atoms. The van der Waals surface area contributed by atoms with Crippen molar-refractivity contribution in [1.29, 1.82) is 0 Å². The van der Waals surface area contributed by atoms with Gasteiger partial charge in [0.15, 0.2) is 0 Å². The summed E-state index contributed by atoms with van der Waals surface area (Å²) in [7, 11) is 0. The van der Waals surface area contributed by atoms with Gasteiger partial charge in [-0.05, 0) is 31.5 Å². The number of carbonyl (C=O) groups is 1. The Balaban J connectivity index is 1.93. The van der Waals surface area contributed by atoms with Crippen LogP contribution in [-0.2, 0) is 4.79 Å². The lowest BCUT2D eigenvalue weighted by molar-refractivity contribution is -0.121. The first-order chi connectivity index (χ1) is 10.5. The number of hydrogen-bond acceptors (Lipinski definition) is 3. The van der Waals surface area contributed by atoms with Crippen LogP contribution >= 0.6 is 0 Å². The van der Waals surface area contributed by atoms with E-state index in [1.807, 2.05) is 13.8 Å². The fraction of sp³-hybridized carbons (Fsp3) is 0.471. The number of terminal acetylenes is 1. The van der Waals surface area contributed by atoms with Gasteiger partial charge < -0.3 is 5.32 Å². The first-order valence-electron chi connectivity index (χ1n) is 7.48. The number of benzene rings is 1. The van der Waals surface area contributed by atoms with Crippen molar-refractivity contribution in [2.45, 2.75) is 19.9 Å². The zero-order valence-electron chi connectivity index (χ0n) is 13.1. The number of nitrogens with one attached hydrogen (secondary N) is 1. The zero-order chi connectivity index (χ0) is 16.1. The summed E-state index contributed by atoms with van der Waals surface area (Å²) < 4.78 is 13.3. The van der Waals surface area contributed by atoms with Gasteiger partial charge in [0.1, 0.15) is 5.82 Å². The Kier molecular flexibility index (Phi) is 5.53. The third-order valence-corrected chi connectivity index (χ3v) is 4.11. The molecule has 1 fully saturated rings. The van der Waals surface area contributed by atoms with Crippen LogP contribution in [0.2, 0.25) is 0 Å². The number of halogens is 1. The third kappa shape index (κ3) is 4.06. The molecule has 1 aliphatic heterocycles. The summed E-state index contributed by atoms with van der Waals surface area (Å²) in [6.07, 6.45) is 5.31. The van der Waals surface area contributed by atoms with Crippen molar-refractivity contribution in [3.05, 3.63) is 29.6 Å². The molecule has 118 valence electrons. The maximum absolute atomic E-state index is 13.3. The second-order valence-electron chi connectivity index (χ2n) is 5.64. The summed E-state index contributed by atoms with van der Waals surface area (Å²) in [5.74, 6) is 2.18. The molecule has 1 aromatic carbocycles. The standard InChI is InChI=1S/C17H22FN3O/c1-4-7-20-8-10-21(11-9-20)14(3)17(22)19-16-12-15(18)6-5-13(16)2/h1,5-6,12,14H,7-11H2,2-3H3,(H,19,22)/t14-/m1/s1. The van der Waals surface area contributed by atoms with Crippen LogP contribution in [0.3, 0.4) is 0 Å². The van der Waals surface area contributed by atoms with Gasteiger partial charge in [-0.25, -0.2) is 4.39 Å². The van der Waals surface area contributed by atoms with Crippen LogP contribution in [-0.4, -0.2) is 54.5 Å². The van der Waals surface area contributed by atoms with Crippen molar-refractivity contribution in [3.8, 4) is 12.3 Å². The Morgan fingerprint density at radius 1 is 1.41 bits per heavy atom. The molecule has 22 heavy (non-hydrogen) atoms. The highest BCUT2D eigenvalue weighted by Gasteiger charge is 2.25. The van der Waals surface area contributed by atoms with Crippen LogP contribution in [0.1, 0.15) is 12.5 Å². The van der Waals surface area contributed by atoms with Crippen LogP contribution in [0.4, 0.5) is 10.1 Å². The van der Waals surface area contributed by atoms with E-state index in [-0.39, 0.29) is 17.8 Å². The summed E-state index contributed by atoms with van der Waals surface area (Å²) in [4.78, 5) is 16.7.